The van der Waals surface area contributed by atoms with Gasteiger partial charge in [0.15, 0.2) is 11.7 Å². The molecule has 3 rings (SSSR count). The van der Waals surface area contributed by atoms with Crippen LogP contribution in [0.3, 0.4) is 0 Å². The lowest BCUT2D eigenvalue weighted by atomic mass is 10.1. The van der Waals surface area contributed by atoms with Gasteiger partial charge in [0.25, 0.3) is 0 Å². The van der Waals surface area contributed by atoms with Crippen LogP contribution in [0.15, 0.2) is 33.5 Å². The van der Waals surface area contributed by atoms with Crippen LogP contribution in [0.2, 0.25) is 0 Å². The van der Waals surface area contributed by atoms with E-state index in [1.807, 2.05) is 0 Å². The average molecular weight is 414 g/mol. The fourth-order valence-electron chi connectivity index (χ4n) is 3.29. The highest BCUT2D eigenvalue weighted by atomic mass is 16.5. The van der Waals surface area contributed by atoms with Gasteiger partial charge >= 0.3 is 17.7 Å². The van der Waals surface area contributed by atoms with Crippen molar-refractivity contribution in [1.29, 1.82) is 0 Å². The van der Waals surface area contributed by atoms with E-state index in [0.29, 0.717) is 22.4 Å². The number of para-hydroxylation sites is 2. The zero-order valence-electron chi connectivity index (χ0n) is 17.1. The van der Waals surface area contributed by atoms with E-state index in [-0.39, 0.29) is 17.9 Å². The Kier molecular flexibility index (Phi) is 5.91. The first-order chi connectivity index (χ1) is 14.2. The number of ketones is 1. The Labute approximate surface area is 171 Å². The molecule has 0 aliphatic heterocycles. The molecule has 158 valence electrons. The fraction of sp³-hybridized carbons (Fsp3) is 0.333. The van der Waals surface area contributed by atoms with E-state index in [1.165, 1.54) is 6.92 Å². The van der Waals surface area contributed by atoms with Crippen LogP contribution in [0.5, 0.6) is 0 Å². The highest BCUT2D eigenvalue weighted by molar-refractivity contribution is 6.04. The van der Waals surface area contributed by atoms with Crippen LogP contribution in [-0.2, 0) is 20.8 Å². The van der Waals surface area contributed by atoms with Gasteiger partial charge in [0.05, 0.1) is 23.4 Å². The van der Waals surface area contributed by atoms with E-state index in [4.69, 9.17) is 13.9 Å². The molecule has 1 N–H and O–H groups in total. The topological polar surface area (TPSA) is 121 Å². The fourth-order valence-corrected chi connectivity index (χ4v) is 3.29. The zero-order valence-corrected chi connectivity index (χ0v) is 17.1. The lowest BCUT2D eigenvalue weighted by Gasteiger charge is -2.12. The monoisotopic (exact) mass is 414 g/mol. The minimum absolute atomic E-state index is 0.168. The van der Waals surface area contributed by atoms with Crippen molar-refractivity contribution >= 4 is 28.8 Å². The average Bonchev–Trinajstić information content (AvgIpc) is 3.17. The summed E-state index contributed by atoms with van der Waals surface area (Å²) in [6.45, 7) is 6.21. The Morgan fingerprint density at radius 1 is 1.20 bits per heavy atom. The van der Waals surface area contributed by atoms with Crippen molar-refractivity contribution in [3.63, 3.8) is 0 Å². The van der Waals surface area contributed by atoms with Crippen LogP contribution < -0.4 is 5.76 Å². The van der Waals surface area contributed by atoms with E-state index in [0.717, 1.165) is 4.57 Å². The van der Waals surface area contributed by atoms with Gasteiger partial charge in [-0.05, 0) is 45.4 Å². The van der Waals surface area contributed by atoms with Crippen molar-refractivity contribution in [2.24, 2.45) is 0 Å². The molecule has 0 aliphatic rings. The molecular formula is C21H22N2O7. The summed E-state index contributed by atoms with van der Waals surface area (Å²) in [4.78, 5) is 52.1. The number of ether oxygens (including phenoxy) is 2. The second kappa shape index (κ2) is 8.40. The third-order valence-electron chi connectivity index (χ3n) is 4.70. The van der Waals surface area contributed by atoms with Gasteiger partial charge in [-0.2, -0.15) is 0 Å². The third-order valence-corrected chi connectivity index (χ3v) is 4.70. The van der Waals surface area contributed by atoms with E-state index >= 15 is 0 Å². The number of aromatic amines is 1. The summed E-state index contributed by atoms with van der Waals surface area (Å²) >= 11 is 0. The predicted molar refractivity (Wildman–Crippen MR) is 107 cm³/mol. The maximum atomic E-state index is 12.8. The maximum absolute atomic E-state index is 12.8. The quantitative estimate of drug-likeness (QED) is 0.466. The number of rotatable bonds is 7. The van der Waals surface area contributed by atoms with Gasteiger partial charge in [0.2, 0.25) is 5.78 Å². The van der Waals surface area contributed by atoms with Gasteiger partial charge in [0.1, 0.15) is 6.54 Å². The molecule has 0 saturated heterocycles. The molecule has 0 unspecified atom stereocenters. The summed E-state index contributed by atoms with van der Waals surface area (Å²) in [7, 11) is 0. The molecule has 3 aromatic rings. The highest BCUT2D eigenvalue weighted by Gasteiger charge is 2.28. The van der Waals surface area contributed by atoms with Gasteiger partial charge in [-0.3, -0.25) is 14.2 Å². The number of Topliss-reactive ketones (excluding diaryl/α,β-unsaturated/α-hetero) is 1. The van der Waals surface area contributed by atoms with Crippen LogP contribution in [0.4, 0.5) is 0 Å². The molecular weight excluding hydrogens is 392 g/mol. The Bertz CT molecular complexity index is 1180. The summed E-state index contributed by atoms with van der Waals surface area (Å²) in [5.41, 5.74) is 2.17. The third kappa shape index (κ3) is 3.91. The molecule has 30 heavy (non-hydrogen) atoms. The molecule has 0 spiro atoms. The second-order valence-corrected chi connectivity index (χ2v) is 6.76. The van der Waals surface area contributed by atoms with Gasteiger partial charge in [-0.1, -0.05) is 12.1 Å². The van der Waals surface area contributed by atoms with Crippen LogP contribution >= 0.6 is 0 Å². The molecule has 1 atom stereocenters. The summed E-state index contributed by atoms with van der Waals surface area (Å²) in [6, 6.07) is 6.68. The van der Waals surface area contributed by atoms with Crippen molar-refractivity contribution in [2.45, 2.75) is 40.3 Å². The van der Waals surface area contributed by atoms with Crippen LogP contribution in [0.25, 0.3) is 11.1 Å². The number of esters is 2. The zero-order chi connectivity index (χ0) is 22.0. The number of H-pyrrole nitrogens is 1. The summed E-state index contributed by atoms with van der Waals surface area (Å²) in [6.07, 6.45) is -1.13. The maximum Gasteiger partial charge on any atom is 0.420 e. The lowest BCUT2D eigenvalue weighted by molar-refractivity contribution is -0.147. The molecule has 0 radical (unpaired) electrons. The molecule has 0 amide bonds. The first-order valence-electron chi connectivity index (χ1n) is 9.42. The first-order valence-corrected chi connectivity index (χ1v) is 9.42. The number of oxazole rings is 1. The molecule has 2 heterocycles. The standard InChI is InChI=1S/C21H22N2O7/c1-5-28-20(26)17-11(2)18(22-12(17)3)19(25)13(4)29-16(24)10-23-14-8-6-7-9-15(14)30-21(23)27/h6-9,13,22H,5,10H2,1-4H3/t13-/m0/s1. The predicted octanol–water partition coefficient (Wildman–Crippen LogP) is 2.53. The van der Waals surface area contributed by atoms with Crippen molar-refractivity contribution in [1.82, 2.24) is 9.55 Å². The molecule has 0 saturated carbocycles. The molecule has 0 fully saturated rings. The number of nitrogens with zero attached hydrogens (tertiary/aromatic N) is 1. The number of carbonyl (C=O) groups excluding carboxylic acids is 3. The van der Waals surface area contributed by atoms with E-state index < -0.39 is 36.1 Å². The van der Waals surface area contributed by atoms with Crippen molar-refractivity contribution < 1.29 is 28.3 Å². The van der Waals surface area contributed by atoms with E-state index in [9.17, 15) is 19.2 Å². The Morgan fingerprint density at radius 2 is 1.90 bits per heavy atom. The van der Waals surface area contributed by atoms with Crippen molar-refractivity contribution in [2.75, 3.05) is 6.61 Å². The Hall–Kier alpha value is -3.62. The molecule has 9 heteroatoms. The first kappa shape index (κ1) is 21.1. The van der Waals surface area contributed by atoms with E-state index in [2.05, 4.69) is 4.98 Å². The van der Waals surface area contributed by atoms with Gasteiger partial charge in [-0.15, -0.1) is 0 Å². The summed E-state index contributed by atoms with van der Waals surface area (Å²) in [5, 5.41) is 0. The number of fused-ring (bicyclic) bond motifs is 1. The Balaban J connectivity index is 1.75. The van der Waals surface area contributed by atoms with Crippen LogP contribution in [-0.4, -0.2) is 40.0 Å². The number of hydrogen-bond donors (Lipinski definition) is 1. The summed E-state index contributed by atoms with van der Waals surface area (Å²) in [5.74, 6) is -2.49. The SMILES string of the molecule is CCOC(=O)c1c(C)[nH]c(C(=O)[C@H](C)OC(=O)Cn2c(=O)oc3ccccc32)c1C. The minimum Gasteiger partial charge on any atom is -0.462 e. The van der Waals surface area contributed by atoms with E-state index in [1.54, 1.807) is 45.0 Å². The number of aryl methyl sites for hydroxylation is 1. The smallest absolute Gasteiger partial charge is 0.420 e. The second-order valence-electron chi connectivity index (χ2n) is 6.76. The lowest BCUT2D eigenvalue weighted by Crippen LogP contribution is -2.29. The Morgan fingerprint density at radius 3 is 2.60 bits per heavy atom. The molecule has 0 aliphatic carbocycles. The minimum atomic E-state index is -1.13. The molecule has 1 aromatic carbocycles. The van der Waals surface area contributed by atoms with Crippen molar-refractivity contribution in [3.8, 4) is 0 Å². The van der Waals surface area contributed by atoms with Gasteiger partial charge < -0.3 is 18.9 Å². The van der Waals surface area contributed by atoms with Crippen LogP contribution in [0.1, 0.15) is 46.0 Å². The van der Waals surface area contributed by atoms with Gasteiger partial charge in [-0.25, -0.2) is 9.59 Å². The normalized spacial score (nSPS) is 12.0. The number of aromatic nitrogens is 2. The largest absolute Gasteiger partial charge is 0.462 e. The van der Waals surface area contributed by atoms with Crippen molar-refractivity contribution in [3.05, 3.63) is 57.3 Å². The van der Waals surface area contributed by atoms with Gasteiger partial charge in [0, 0.05) is 5.69 Å². The number of hydrogen-bond acceptors (Lipinski definition) is 7. The number of carbonyl (C=O) groups is 3. The van der Waals surface area contributed by atoms with Crippen LogP contribution in [0, 0.1) is 13.8 Å². The summed E-state index contributed by atoms with van der Waals surface area (Å²) < 4.78 is 16.5. The number of benzene rings is 1. The molecule has 0 bridgehead atoms. The molecule has 9 nitrogen and oxygen atoms in total. The highest BCUT2D eigenvalue weighted by Crippen LogP contribution is 2.21. The number of nitrogens with one attached hydrogen (secondary N) is 1. The molecule has 2 aromatic heterocycles.